The lowest BCUT2D eigenvalue weighted by molar-refractivity contribution is -0.116. The highest BCUT2D eigenvalue weighted by molar-refractivity contribution is 6.38. The number of hydrogen-bond acceptors (Lipinski definition) is 2. The molecule has 1 heterocycles. The standard InChI is InChI=1S/C22H12F4N2O2/c23-14-2-6-16(7-3-14)27-21(29)18(11-13-1-10-19(25)20(26)12-13)22(30)28(27)17-8-4-15(24)5-9-17/h1-12H. The molecule has 1 aliphatic heterocycles. The molecule has 0 atom stereocenters. The molecule has 8 heteroatoms. The van der Waals surface area contributed by atoms with E-state index in [1.165, 1.54) is 30.3 Å². The van der Waals surface area contributed by atoms with Gasteiger partial charge in [-0.1, -0.05) is 6.07 Å². The molecule has 0 N–H and O–H groups in total. The van der Waals surface area contributed by atoms with Gasteiger partial charge in [-0.2, -0.15) is 0 Å². The second-order valence-electron chi connectivity index (χ2n) is 6.42. The van der Waals surface area contributed by atoms with Crippen LogP contribution in [0.25, 0.3) is 6.08 Å². The van der Waals surface area contributed by atoms with Crippen LogP contribution in [0.15, 0.2) is 72.3 Å². The van der Waals surface area contributed by atoms with Gasteiger partial charge in [0.1, 0.15) is 17.2 Å². The van der Waals surface area contributed by atoms with Gasteiger partial charge in [-0.15, -0.1) is 0 Å². The fourth-order valence-corrected chi connectivity index (χ4v) is 3.02. The van der Waals surface area contributed by atoms with Gasteiger partial charge in [0.15, 0.2) is 11.6 Å². The van der Waals surface area contributed by atoms with Crippen LogP contribution in [0.2, 0.25) is 0 Å². The summed E-state index contributed by atoms with van der Waals surface area (Å²) in [6.45, 7) is 0. The number of nitrogens with zero attached hydrogens (tertiary/aromatic N) is 2. The Bertz CT molecular complexity index is 1110. The molecule has 0 saturated carbocycles. The van der Waals surface area contributed by atoms with Crippen LogP contribution in [0, 0.1) is 23.3 Å². The van der Waals surface area contributed by atoms with Crippen molar-refractivity contribution in [1.29, 1.82) is 0 Å². The molecule has 0 aromatic heterocycles. The van der Waals surface area contributed by atoms with Crippen molar-refractivity contribution in [2.24, 2.45) is 0 Å². The van der Waals surface area contributed by atoms with Gasteiger partial charge in [0, 0.05) is 0 Å². The average Bonchev–Trinajstić information content (AvgIpc) is 2.97. The third-order valence-electron chi connectivity index (χ3n) is 4.44. The van der Waals surface area contributed by atoms with Gasteiger partial charge in [-0.25, -0.2) is 27.6 Å². The smallest absolute Gasteiger partial charge is 0.267 e. The number of rotatable bonds is 3. The first-order chi connectivity index (χ1) is 14.3. The van der Waals surface area contributed by atoms with E-state index in [9.17, 15) is 27.2 Å². The molecule has 1 fully saturated rings. The summed E-state index contributed by atoms with van der Waals surface area (Å²) in [5, 5.41) is 2.00. The lowest BCUT2D eigenvalue weighted by atomic mass is 10.1. The summed E-state index contributed by atoms with van der Waals surface area (Å²) in [6.07, 6.45) is 1.13. The highest BCUT2D eigenvalue weighted by atomic mass is 19.2. The summed E-state index contributed by atoms with van der Waals surface area (Å²) < 4.78 is 53.4. The van der Waals surface area contributed by atoms with Crippen molar-refractivity contribution in [3.05, 3.63) is 101 Å². The molecule has 0 bridgehead atoms. The summed E-state index contributed by atoms with van der Waals surface area (Å²) in [6, 6.07) is 12.6. The Labute approximate surface area is 168 Å². The summed E-state index contributed by atoms with van der Waals surface area (Å²) >= 11 is 0. The van der Waals surface area contributed by atoms with Crippen molar-refractivity contribution in [1.82, 2.24) is 0 Å². The minimum atomic E-state index is -1.13. The highest BCUT2D eigenvalue weighted by Gasteiger charge is 2.43. The van der Waals surface area contributed by atoms with E-state index < -0.39 is 35.1 Å². The Morgan fingerprint density at radius 2 is 1.07 bits per heavy atom. The Balaban J connectivity index is 1.83. The highest BCUT2D eigenvalue weighted by Crippen LogP contribution is 2.32. The number of benzene rings is 3. The first-order valence-corrected chi connectivity index (χ1v) is 8.72. The van der Waals surface area contributed by atoms with Crippen molar-refractivity contribution in [2.45, 2.75) is 0 Å². The third kappa shape index (κ3) is 3.43. The van der Waals surface area contributed by atoms with E-state index in [0.29, 0.717) is 0 Å². The fraction of sp³-hybridized carbons (Fsp3) is 0. The van der Waals surface area contributed by atoms with Crippen LogP contribution in [-0.4, -0.2) is 11.8 Å². The molecule has 3 aromatic carbocycles. The first-order valence-electron chi connectivity index (χ1n) is 8.72. The van der Waals surface area contributed by atoms with E-state index in [1.807, 2.05) is 0 Å². The van der Waals surface area contributed by atoms with Crippen LogP contribution in [0.3, 0.4) is 0 Å². The molecule has 1 saturated heterocycles. The van der Waals surface area contributed by atoms with Crippen molar-refractivity contribution < 1.29 is 27.2 Å². The molecular weight excluding hydrogens is 400 g/mol. The zero-order chi connectivity index (χ0) is 21.4. The molecule has 4 rings (SSSR count). The maximum Gasteiger partial charge on any atom is 0.283 e. The molecule has 0 aliphatic carbocycles. The van der Waals surface area contributed by atoms with Gasteiger partial charge < -0.3 is 0 Å². The van der Waals surface area contributed by atoms with Crippen molar-refractivity contribution in [3.63, 3.8) is 0 Å². The second kappa shape index (κ2) is 7.47. The molecule has 2 amide bonds. The van der Waals surface area contributed by atoms with E-state index in [1.54, 1.807) is 0 Å². The summed E-state index contributed by atoms with van der Waals surface area (Å²) in [7, 11) is 0. The van der Waals surface area contributed by atoms with E-state index in [4.69, 9.17) is 0 Å². The zero-order valence-corrected chi connectivity index (χ0v) is 15.2. The van der Waals surface area contributed by atoms with Gasteiger partial charge in [-0.05, 0) is 72.3 Å². The largest absolute Gasteiger partial charge is 0.283 e. The Kier molecular flexibility index (Phi) is 4.83. The molecule has 0 radical (unpaired) electrons. The number of hydrazine groups is 1. The quantitative estimate of drug-likeness (QED) is 0.358. The average molecular weight is 412 g/mol. The number of halogens is 4. The molecule has 0 unspecified atom stereocenters. The molecule has 1 aliphatic rings. The Morgan fingerprint density at radius 1 is 0.600 bits per heavy atom. The van der Waals surface area contributed by atoms with Gasteiger partial charge in [0.2, 0.25) is 0 Å². The molecule has 30 heavy (non-hydrogen) atoms. The lowest BCUT2D eigenvalue weighted by Crippen LogP contribution is -2.41. The molecular formula is C22H12F4N2O2. The van der Waals surface area contributed by atoms with E-state index in [2.05, 4.69) is 0 Å². The van der Waals surface area contributed by atoms with E-state index in [0.717, 1.165) is 52.5 Å². The van der Waals surface area contributed by atoms with E-state index in [-0.39, 0.29) is 22.5 Å². The van der Waals surface area contributed by atoms with Crippen molar-refractivity contribution in [2.75, 3.05) is 10.0 Å². The minimum absolute atomic E-state index is 0.102. The summed E-state index contributed by atoms with van der Waals surface area (Å²) in [5.41, 5.74) is 0.154. The number of hydrogen-bond donors (Lipinski definition) is 0. The Hall–Kier alpha value is -3.94. The Morgan fingerprint density at radius 3 is 1.50 bits per heavy atom. The number of anilines is 2. The zero-order valence-electron chi connectivity index (χ0n) is 15.2. The van der Waals surface area contributed by atoms with Gasteiger partial charge >= 0.3 is 0 Å². The maximum absolute atomic E-state index is 13.5. The first kappa shape index (κ1) is 19.4. The number of carbonyl (C=O) groups is 2. The van der Waals surface area contributed by atoms with Gasteiger partial charge in [0.05, 0.1) is 11.4 Å². The topological polar surface area (TPSA) is 40.6 Å². The summed E-state index contributed by atoms with van der Waals surface area (Å²) in [4.78, 5) is 26.1. The van der Waals surface area contributed by atoms with E-state index >= 15 is 0 Å². The maximum atomic E-state index is 13.5. The van der Waals surface area contributed by atoms with Crippen LogP contribution < -0.4 is 10.0 Å². The molecule has 150 valence electrons. The van der Waals surface area contributed by atoms with Crippen LogP contribution in [0.4, 0.5) is 28.9 Å². The lowest BCUT2D eigenvalue weighted by Gasteiger charge is -2.27. The SMILES string of the molecule is O=C1C(=Cc2ccc(F)c(F)c2)C(=O)N(c2ccc(F)cc2)N1c1ccc(F)cc1. The second-order valence-corrected chi connectivity index (χ2v) is 6.42. The van der Waals surface area contributed by atoms with Crippen LogP contribution in [-0.2, 0) is 9.59 Å². The molecule has 3 aromatic rings. The number of amides is 2. The van der Waals surface area contributed by atoms with Crippen molar-refractivity contribution in [3.8, 4) is 0 Å². The monoisotopic (exact) mass is 412 g/mol. The molecule has 0 spiro atoms. The van der Waals surface area contributed by atoms with Crippen LogP contribution in [0.1, 0.15) is 5.56 Å². The van der Waals surface area contributed by atoms with Crippen molar-refractivity contribution >= 4 is 29.3 Å². The minimum Gasteiger partial charge on any atom is -0.267 e. The van der Waals surface area contributed by atoms with Crippen LogP contribution >= 0.6 is 0 Å². The van der Waals surface area contributed by atoms with Crippen LogP contribution in [0.5, 0.6) is 0 Å². The fourth-order valence-electron chi connectivity index (χ4n) is 3.02. The van der Waals surface area contributed by atoms with Gasteiger partial charge in [0.25, 0.3) is 11.8 Å². The molecule has 4 nitrogen and oxygen atoms in total. The predicted molar refractivity (Wildman–Crippen MR) is 102 cm³/mol. The number of carbonyl (C=O) groups excluding carboxylic acids is 2. The summed E-state index contributed by atoms with van der Waals surface area (Å²) in [5.74, 6) is -4.80. The predicted octanol–water partition coefficient (Wildman–Crippen LogP) is 4.62. The van der Waals surface area contributed by atoms with Gasteiger partial charge in [-0.3, -0.25) is 9.59 Å². The normalized spacial score (nSPS) is 13.9. The third-order valence-corrected chi connectivity index (χ3v) is 4.44.